The van der Waals surface area contributed by atoms with Gasteiger partial charge < -0.3 is 14.4 Å². The minimum Gasteiger partial charge on any atom is -0.497 e. The first kappa shape index (κ1) is 17.8. The lowest BCUT2D eigenvalue weighted by Gasteiger charge is -2.27. The summed E-state index contributed by atoms with van der Waals surface area (Å²) in [5.41, 5.74) is 2.93. The van der Waals surface area contributed by atoms with Crippen molar-refractivity contribution in [3.63, 3.8) is 0 Å². The van der Waals surface area contributed by atoms with Gasteiger partial charge in [0, 0.05) is 35.8 Å². The molecule has 6 heteroatoms. The van der Waals surface area contributed by atoms with Gasteiger partial charge >= 0.3 is 0 Å². The van der Waals surface area contributed by atoms with Crippen molar-refractivity contribution in [1.29, 1.82) is 0 Å². The number of pyridine rings is 1. The first-order valence-electron chi connectivity index (χ1n) is 9.18. The normalized spacial score (nSPS) is 14.2. The topological polar surface area (TPSA) is 47.5 Å². The lowest BCUT2D eigenvalue weighted by atomic mass is 10.1. The molecule has 1 saturated heterocycles. The van der Waals surface area contributed by atoms with Crippen LogP contribution < -0.4 is 14.4 Å². The van der Waals surface area contributed by atoms with E-state index in [-0.39, 0.29) is 0 Å². The third-order valence-corrected chi connectivity index (χ3v) is 5.75. The van der Waals surface area contributed by atoms with Gasteiger partial charge in [-0.05, 0) is 49.6 Å². The van der Waals surface area contributed by atoms with Crippen molar-refractivity contribution in [1.82, 2.24) is 9.97 Å². The summed E-state index contributed by atoms with van der Waals surface area (Å²) in [5, 5.41) is 3.05. The molecule has 4 rings (SSSR count). The van der Waals surface area contributed by atoms with Crippen molar-refractivity contribution in [3.05, 3.63) is 41.9 Å². The molecule has 0 aliphatic carbocycles. The Morgan fingerprint density at radius 1 is 1.00 bits per heavy atom. The van der Waals surface area contributed by atoms with Crippen LogP contribution in [0.4, 0.5) is 5.82 Å². The van der Waals surface area contributed by atoms with Crippen molar-refractivity contribution in [2.45, 2.75) is 19.3 Å². The van der Waals surface area contributed by atoms with Crippen LogP contribution in [-0.2, 0) is 0 Å². The van der Waals surface area contributed by atoms with E-state index in [0.29, 0.717) is 0 Å². The maximum atomic E-state index is 5.51. The summed E-state index contributed by atoms with van der Waals surface area (Å²) in [5.74, 6) is 2.62. The number of thiazole rings is 1. The maximum Gasteiger partial charge on any atom is 0.129 e. The first-order chi connectivity index (χ1) is 13.3. The van der Waals surface area contributed by atoms with Gasteiger partial charge in [-0.25, -0.2) is 9.97 Å². The number of ether oxygens (including phenoxy) is 2. The second-order valence-electron chi connectivity index (χ2n) is 6.55. The molecule has 27 heavy (non-hydrogen) atoms. The Balaban J connectivity index is 1.65. The largest absolute Gasteiger partial charge is 0.497 e. The van der Waals surface area contributed by atoms with E-state index in [0.717, 1.165) is 52.2 Å². The van der Waals surface area contributed by atoms with Crippen LogP contribution in [0.1, 0.15) is 19.3 Å². The summed E-state index contributed by atoms with van der Waals surface area (Å²) in [6.45, 7) is 2.17. The highest BCUT2D eigenvalue weighted by Crippen LogP contribution is 2.36. The molecular formula is C21H23N3O2S. The molecule has 0 spiro atoms. The van der Waals surface area contributed by atoms with Crippen LogP contribution in [0.5, 0.6) is 11.5 Å². The lowest BCUT2D eigenvalue weighted by molar-refractivity contribution is 0.404. The lowest BCUT2D eigenvalue weighted by Crippen LogP contribution is -2.30. The summed E-state index contributed by atoms with van der Waals surface area (Å²) in [4.78, 5) is 11.8. The summed E-state index contributed by atoms with van der Waals surface area (Å²) < 4.78 is 10.9. The molecule has 0 amide bonds. The molecule has 3 aromatic rings. The Morgan fingerprint density at radius 2 is 1.85 bits per heavy atom. The SMILES string of the molecule is COc1ccc(OC)c(-c2csc(-c3ccnc(N4CCCCC4)c3)n2)c1. The van der Waals surface area contributed by atoms with Gasteiger partial charge in [-0.1, -0.05) is 0 Å². The zero-order valence-electron chi connectivity index (χ0n) is 15.6. The average molecular weight is 382 g/mol. The quantitative estimate of drug-likeness (QED) is 0.630. The third-order valence-electron chi connectivity index (χ3n) is 4.86. The summed E-state index contributed by atoms with van der Waals surface area (Å²) in [6, 6.07) is 9.94. The minimum absolute atomic E-state index is 0.788. The molecule has 0 bridgehead atoms. The molecule has 1 aliphatic heterocycles. The number of methoxy groups -OCH3 is 2. The molecule has 0 saturated carbocycles. The molecule has 140 valence electrons. The van der Waals surface area contributed by atoms with Crippen molar-refractivity contribution < 1.29 is 9.47 Å². The van der Waals surface area contributed by atoms with Crippen LogP contribution in [0.15, 0.2) is 41.9 Å². The number of hydrogen-bond acceptors (Lipinski definition) is 6. The molecule has 5 nitrogen and oxygen atoms in total. The van der Waals surface area contributed by atoms with E-state index in [4.69, 9.17) is 14.5 Å². The second kappa shape index (κ2) is 7.96. The molecule has 3 heterocycles. The predicted octanol–water partition coefficient (Wildman–Crippen LogP) is 4.88. The average Bonchev–Trinajstić information content (AvgIpc) is 3.24. The number of hydrogen-bond donors (Lipinski definition) is 0. The minimum atomic E-state index is 0.788. The van der Waals surface area contributed by atoms with Crippen LogP contribution in [0.2, 0.25) is 0 Å². The third kappa shape index (κ3) is 3.76. The van der Waals surface area contributed by atoms with Gasteiger partial charge in [0.25, 0.3) is 0 Å². The fourth-order valence-electron chi connectivity index (χ4n) is 3.39. The van der Waals surface area contributed by atoms with E-state index < -0.39 is 0 Å². The van der Waals surface area contributed by atoms with Crippen molar-refractivity contribution in [2.75, 3.05) is 32.2 Å². The molecule has 1 aliphatic rings. The van der Waals surface area contributed by atoms with Gasteiger partial charge in [0.1, 0.15) is 22.3 Å². The van der Waals surface area contributed by atoms with E-state index in [2.05, 4.69) is 21.3 Å². The molecule has 0 radical (unpaired) electrons. The Labute approximate surface area is 163 Å². The van der Waals surface area contributed by atoms with Gasteiger partial charge in [0.05, 0.1) is 19.9 Å². The Bertz CT molecular complexity index is 919. The van der Waals surface area contributed by atoms with Gasteiger partial charge in [0.2, 0.25) is 0 Å². The summed E-state index contributed by atoms with van der Waals surface area (Å²) in [7, 11) is 3.34. The van der Waals surface area contributed by atoms with Crippen molar-refractivity contribution in [3.8, 4) is 33.3 Å². The zero-order valence-corrected chi connectivity index (χ0v) is 16.5. The van der Waals surface area contributed by atoms with E-state index in [1.54, 1.807) is 25.6 Å². The molecule has 0 N–H and O–H groups in total. The number of rotatable bonds is 5. The zero-order chi connectivity index (χ0) is 18.6. The van der Waals surface area contributed by atoms with E-state index in [9.17, 15) is 0 Å². The molecule has 2 aromatic heterocycles. The summed E-state index contributed by atoms with van der Waals surface area (Å²) in [6.07, 6.45) is 5.67. The summed E-state index contributed by atoms with van der Waals surface area (Å²) >= 11 is 1.63. The predicted molar refractivity (Wildman–Crippen MR) is 110 cm³/mol. The standard InChI is InChI=1S/C21H23N3O2S/c1-25-16-6-7-19(26-2)17(13-16)18-14-27-21(23-18)15-8-9-22-20(12-15)24-10-4-3-5-11-24/h6-9,12-14H,3-5,10-11H2,1-2H3. The molecular weight excluding hydrogens is 358 g/mol. The van der Waals surface area contributed by atoms with Gasteiger partial charge in [0.15, 0.2) is 0 Å². The second-order valence-corrected chi connectivity index (χ2v) is 7.41. The molecule has 1 aromatic carbocycles. The van der Waals surface area contributed by atoms with Crippen molar-refractivity contribution in [2.24, 2.45) is 0 Å². The Morgan fingerprint density at radius 3 is 2.63 bits per heavy atom. The smallest absolute Gasteiger partial charge is 0.129 e. The van der Waals surface area contributed by atoms with Gasteiger partial charge in [-0.15, -0.1) is 11.3 Å². The van der Waals surface area contributed by atoms with Crippen LogP contribution in [0.25, 0.3) is 21.8 Å². The number of piperidine rings is 1. The van der Waals surface area contributed by atoms with Gasteiger partial charge in [-0.2, -0.15) is 0 Å². The maximum absolute atomic E-state index is 5.51. The highest BCUT2D eigenvalue weighted by Gasteiger charge is 2.15. The Kier molecular flexibility index (Phi) is 5.25. The van der Waals surface area contributed by atoms with Crippen LogP contribution in [-0.4, -0.2) is 37.3 Å². The van der Waals surface area contributed by atoms with E-state index in [1.165, 1.54) is 19.3 Å². The monoisotopic (exact) mass is 381 g/mol. The number of benzene rings is 1. The molecule has 0 atom stereocenters. The van der Waals surface area contributed by atoms with E-state index in [1.807, 2.05) is 30.5 Å². The van der Waals surface area contributed by atoms with Crippen LogP contribution >= 0.6 is 11.3 Å². The van der Waals surface area contributed by atoms with Gasteiger partial charge in [-0.3, -0.25) is 0 Å². The fourth-order valence-corrected chi connectivity index (χ4v) is 4.21. The highest BCUT2D eigenvalue weighted by molar-refractivity contribution is 7.13. The number of aromatic nitrogens is 2. The Hall–Kier alpha value is -2.60. The molecule has 0 unspecified atom stereocenters. The molecule has 1 fully saturated rings. The van der Waals surface area contributed by atoms with Crippen LogP contribution in [0.3, 0.4) is 0 Å². The van der Waals surface area contributed by atoms with Crippen LogP contribution in [0, 0.1) is 0 Å². The highest BCUT2D eigenvalue weighted by atomic mass is 32.1. The van der Waals surface area contributed by atoms with Crippen molar-refractivity contribution >= 4 is 17.2 Å². The number of anilines is 1. The van der Waals surface area contributed by atoms with E-state index >= 15 is 0 Å². The fraction of sp³-hybridized carbons (Fsp3) is 0.333. The first-order valence-corrected chi connectivity index (χ1v) is 10.1. The number of nitrogens with zero attached hydrogens (tertiary/aromatic N) is 3.